The van der Waals surface area contributed by atoms with Crippen LogP contribution in [0, 0.1) is 0 Å². The lowest BCUT2D eigenvalue weighted by Crippen LogP contribution is -2.17. The molecule has 30 heavy (non-hydrogen) atoms. The van der Waals surface area contributed by atoms with Crippen molar-refractivity contribution >= 4 is 33.5 Å². The van der Waals surface area contributed by atoms with E-state index in [-0.39, 0.29) is 39.6 Å². The highest BCUT2D eigenvalue weighted by Gasteiger charge is 2.18. The van der Waals surface area contributed by atoms with Crippen molar-refractivity contribution in [3.8, 4) is 11.5 Å². The second-order valence-corrected chi connectivity index (χ2v) is 6.21. The van der Waals surface area contributed by atoms with E-state index in [4.69, 9.17) is 29.2 Å². The molecule has 0 aliphatic heterocycles. The van der Waals surface area contributed by atoms with Crippen LogP contribution in [0.15, 0.2) is 48.5 Å². The smallest absolute Gasteiger partial charge is 0.344 e. The summed E-state index contributed by atoms with van der Waals surface area (Å²) in [6.45, 7) is -1.34. The van der Waals surface area contributed by atoms with Gasteiger partial charge in [0.25, 0.3) is 0 Å². The summed E-state index contributed by atoms with van der Waals surface area (Å²) in [4.78, 5) is 23.7. The molecule has 3 rings (SSSR count). The summed E-state index contributed by atoms with van der Waals surface area (Å²) in [6.07, 6.45) is 0. The van der Waals surface area contributed by atoms with Gasteiger partial charge in [-0.25, -0.2) is 9.59 Å². The summed E-state index contributed by atoms with van der Waals surface area (Å²) in [7, 11) is 0. The van der Waals surface area contributed by atoms with Crippen LogP contribution in [0.25, 0.3) is 21.5 Å². The molecule has 0 aliphatic rings. The van der Waals surface area contributed by atoms with Crippen molar-refractivity contribution in [2.24, 2.45) is 0 Å². The lowest BCUT2D eigenvalue weighted by Gasteiger charge is -2.17. The van der Waals surface area contributed by atoms with E-state index in [1.165, 1.54) is 0 Å². The molecule has 0 heterocycles. The molecule has 0 aromatic heterocycles. The first-order chi connectivity index (χ1) is 14.7. The van der Waals surface area contributed by atoms with Crippen molar-refractivity contribution in [2.45, 2.75) is 0 Å². The van der Waals surface area contributed by atoms with Gasteiger partial charge in [-0.05, 0) is 0 Å². The van der Waals surface area contributed by atoms with E-state index in [2.05, 4.69) is 0 Å². The van der Waals surface area contributed by atoms with Gasteiger partial charge in [0.15, 0.2) is 13.2 Å². The molecule has 3 aromatic carbocycles. The summed E-state index contributed by atoms with van der Waals surface area (Å²) >= 11 is 0. The minimum atomic E-state index is -0.593. The Bertz CT molecular complexity index is 891. The third-order valence-corrected chi connectivity index (χ3v) is 4.21. The molecule has 0 radical (unpaired) electrons. The Balaban J connectivity index is 1.98. The van der Waals surface area contributed by atoms with E-state index >= 15 is 0 Å². The van der Waals surface area contributed by atoms with E-state index in [0.29, 0.717) is 33.0 Å². The van der Waals surface area contributed by atoms with Gasteiger partial charge >= 0.3 is 11.9 Å². The predicted molar refractivity (Wildman–Crippen MR) is 109 cm³/mol. The van der Waals surface area contributed by atoms with Crippen molar-refractivity contribution in [3.05, 3.63) is 48.5 Å². The highest BCUT2D eigenvalue weighted by Crippen LogP contribution is 2.42. The van der Waals surface area contributed by atoms with Crippen molar-refractivity contribution < 1.29 is 38.7 Å². The lowest BCUT2D eigenvalue weighted by atomic mass is 10.0. The van der Waals surface area contributed by atoms with E-state index in [1.54, 1.807) is 0 Å². The topological polar surface area (TPSA) is 112 Å². The summed E-state index contributed by atoms with van der Waals surface area (Å²) in [5, 5.41) is 20.3. The molecule has 0 unspecified atom stereocenters. The van der Waals surface area contributed by atoms with Crippen molar-refractivity contribution in [1.29, 1.82) is 0 Å². The Morgan fingerprint density at radius 2 is 0.967 bits per heavy atom. The molecule has 3 aromatic rings. The number of aliphatic hydroxyl groups excluding tert-OH is 2. The molecule has 0 spiro atoms. The zero-order chi connectivity index (χ0) is 21.3. The fourth-order valence-electron chi connectivity index (χ4n) is 3.02. The third kappa shape index (κ3) is 4.97. The van der Waals surface area contributed by atoms with Crippen LogP contribution >= 0.6 is 0 Å². The minimum Gasteiger partial charge on any atom is -0.481 e. The van der Waals surface area contributed by atoms with Crippen LogP contribution in [0.2, 0.25) is 0 Å². The molecule has 0 bridgehead atoms. The number of fused-ring (bicyclic) bond motifs is 2. The monoisotopic (exact) mass is 414 g/mol. The quantitative estimate of drug-likeness (QED) is 0.382. The van der Waals surface area contributed by atoms with Gasteiger partial charge in [0, 0.05) is 21.5 Å². The van der Waals surface area contributed by atoms with Gasteiger partial charge in [-0.1, -0.05) is 48.5 Å². The standard InChI is InChI=1S/C22H22O8/c23-9-11-27-19(25)13-29-21-15-5-1-2-6-16(15)22(18-8-4-3-7-17(18)21)30-14-20(26)28-12-10-24/h1-8,23-24H,9-14H2. The second kappa shape index (κ2) is 10.4. The van der Waals surface area contributed by atoms with Crippen LogP contribution in [0.5, 0.6) is 11.5 Å². The highest BCUT2D eigenvalue weighted by molar-refractivity contribution is 6.11. The first-order valence-corrected chi connectivity index (χ1v) is 9.37. The van der Waals surface area contributed by atoms with Gasteiger partial charge in [0.05, 0.1) is 13.2 Å². The number of aliphatic hydroxyl groups is 2. The Morgan fingerprint density at radius 3 is 1.27 bits per heavy atom. The number of esters is 2. The predicted octanol–water partition coefficient (Wildman–Crippen LogP) is 1.82. The first-order valence-electron chi connectivity index (χ1n) is 9.37. The van der Waals surface area contributed by atoms with Gasteiger partial charge in [-0.3, -0.25) is 0 Å². The number of rotatable bonds is 10. The lowest BCUT2D eigenvalue weighted by molar-refractivity contribution is -0.147. The van der Waals surface area contributed by atoms with E-state index in [9.17, 15) is 9.59 Å². The number of carbonyl (C=O) groups is 2. The maximum atomic E-state index is 11.8. The Kier molecular flexibility index (Phi) is 7.42. The largest absolute Gasteiger partial charge is 0.481 e. The maximum Gasteiger partial charge on any atom is 0.344 e. The molecule has 0 saturated heterocycles. The molecule has 0 aliphatic carbocycles. The van der Waals surface area contributed by atoms with Crippen molar-refractivity contribution in [2.75, 3.05) is 39.6 Å². The van der Waals surface area contributed by atoms with Crippen LogP contribution in [-0.2, 0) is 19.1 Å². The maximum absolute atomic E-state index is 11.8. The van der Waals surface area contributed by atoms with Gasteiger partial charge in [-0.15, -0.1) is 0 Å². The van der Waals surface area contributed by atoms with Crippen molar-refractivity contribution in [1.82, 2.24) is 0 Å². The zero-order valence-corrected chi connectivity index (χ0v) is 16.2. The van der Waals surface area contributed by atoms with Crippen molar-refractivity contribution in [3.63, 3.8) is 0 Å². The molecule has 158 valence electrons. The van der Waals surface area contributed by atoms with E-state index < -0.39 is 11.9 Å². The number of ether oxygens (including phenoxy) is 4. The third-order valence-electron chi connectivity index (χ3n) is 4.21. The Hall–Kier alpha value is -3.36. The SMILES string of the molecule is O=C(COc1c2ccccc2c(OCC(=O)OCCO)c2ccccc12)OCCO. The van der Waals surface area contributed by atoms with Crippen LogP contribution < -0.4 is 9.47 Å². The fourth-order valence-corrected chi connectivity index (χ4v) is 3.02. The van der Waals surface area contributed by atoms with Gasteiger partial charge in [-0.2, -0.15) is 0 Å². The number of carbonyl (C=O) groups excluding carboxylic acids is 2. The zero-order valence-electron chi connectivity index (χ0n) is 16.2. The number of benzene rings is 3. The Labute approximate surface area is 172 Å². The molecular formula is C22H22O8. The molecule has 0 saturated carbocycles. The van der Waals surface area contributed by atoms with Gasteiger partial charge in [0.2, 0.25) is 0 Å². The van der Waals surface area contributed by atoms with Crippen LogP contribution in [0.3, 0.4) is 0 Å². The van der Waals surface area contributed by atoms with Crippen LogP contribution in [-0.4, -0.2) is 61.8 Å². The average Bonchev–Trinajstić information content (AvgIpc) is 2.78. The van der Waals surface area contributed by atoms with Crippen LogP contribution in [0.4, 0.5) is 0 Å². The first kappa shape index (κ1) is 21.4. The molecule has 8 nitrogen and oxygen atoms in total. The number of hydrogen-bond acceptors (Lipinski definition) is 8. The molecule has 0 amide bonds. The average molecular weight is 414 g/mol. The highest BCUT2D eigenvalue weighted by atomic mass is 16.6. The normalized spacial score (nSPS) is 10.7. The molecule has 8 heteroatoms. The summed E-state index contributed by atoms with van der Waals surface area (Å²) in [5.41, 5.74) is 0. The van der Waals surface area contributed by atoms with Gasteiger partial charge in [0.1, 0.15) is 24.7 Å². The molecule has 2 N–H and O–H groups in total. The molecule has 0 fully saturated rings. The minimum absolute atomic E-state index is 0.0944. The van der Waals surface area contributed by atoms with Gasteiger partial charge < -0.3 is 29.2 Å². The Morgan fingerprint density at radius 1 is 0.633 bits per heavy atom. The van der Waals surface area contributed by atoms with E-state index in [0.717, 1.165) is 0 Å². The summed E-state index contributed by atoms with van der Waals surface area (Å²) in [6, 6.07) is 14.6. The van der Waals surface area contributed by atoms with Crippen LogP contribution in [0.1, 0.15) is 0 Å². The van der Waals surface area contributed by atoms with E-state index in [1.807, 2.05) is 48.5 Å². The summed E-state index contributed by atoms with van der Waals surface area (Å²) < 4.78 is 21.3. The fraction of sp³-hybridized carbons (Fsp3) is 0.273. The second-order valence-electron chi connectivity index (χ2n) is 6.21. The number of hydrogen-bond donors (Lipinski definition) is 2. The summed E-state index contributed by atoms with van der Waals surface area (Å²) in [5.74, 6) is -0.219. The molecular weight excluding hydrogens is 392 g/mol. The molecule has 0 atom stereocenters.